The summed E-state index contributed by atoms with van der Waals surface area (Å²) >= 11 is 0. The fourth-order valence-corrected chi connectivity index (χ4v) is 3.37. The molecule has 3 unspecified atom stereocenters. The van der Waals surface area contributed by atoms with E-state index in [0.717, 1.165) is 18.0 Å². The molecule has 0 aliphatic carbocycles. The van der Waals surface area contributed by atoms with Gasteiger partial charge < -0.3 is 10.2 Å². The van der Waals surface area contributed by atoms with Gasteiger partial charge in [0.2, 0.25) is 0 Å². The number of hydrogen-bond donors (Lipinski definition) is 1. The number of nitrogens with zero attached hydrogens (tertiary/aromatic N) is 1. The quantitative estimate of drug-likeness (QED) is 0.596. The fraction of sp³-hybridized carbons (Fsp3) is 1.00. The molecule has 1 fully saturated rings. The van der Waals surface area contributed by atoms with Crippen molar-refractivity contribution in [2.24, 2.45) is 5.92 Å². The van der Waals surface area contributed by atoms with Gasteiger partial charge in [0.05, 0.1) is 0 Å². The summed E-state index contributed by atoms with van der Waals surface area (Å²) in [5.41, 5.74) is 0. The van der Waals surface area contributed by atoms with Crippen molar-refractivity contribution < 1.29 is 0 Å². The Hall–Kier alpha value is -0.0800. The SMILES string of the molecule is CCCCCCCCCCNC1CC(C)N(C)CC1C. The van der Waals surface area contributed by atoms with E-state index in [-0.39, 0.29) is 0 Å². The van der Waals surface area contributed by atoms with Crippen LogP contribution in [0, 0.1) is 5.92 Å². The topological polar surface area (TPSA) is 15.3 Å². The summed E-state index contributed by atoms with van der Waals surface area (Å²) in [6.07, 6.45) is 12.6. The van der Waals surface area contributed by atoms with Gasteiger partial charge in [0.25, 0.3) is 0 Å². The lowest BCUT2D eigenvalue weighted by Gasteiger charge is -2.40. The van der Waals surface area contributed by atoms with Gasteiger partial charge >= 0.3 is 0 Å². The van der Waals surface area contributed by atoms with Crippen molar-refractivity contribution in [3.63, 3.8) is 0 Å². The highest BCUT2D eigenvalue weighted by Gasteiger charge is 2.27. The lowest BCUT2D eigenvalue weighted by molar-refractivity contribution is 0.122. The Morgan fingerprint density at radius 3 is 2.20 bits per heavy atom. The molecule has 0 aromatic heterocycles. The van der Waals surface area contributed by atoms with Crippen LogP contribution in [0.2, 0.25) is 0 Å². The van der Waals surface area contributed by atoms with E-state index in [0.29, 0.717) is 0 Å². The van der Waals surface area contributed by atoms with Crippen LogP contribution >= 0.6 is 0 Å². The molecule has 1 N–H and O–H groups in total. The highest BCUT2D eigenvalue weighted by molar-refractivity contribution is 4.85. The molecular weight excluding hydrogens is 244 g/mol. The Labute approximate surface area is 127 Å². The van der Waals surface area contributed by atoms with E-state index in [1.807, 2.05) is 0 Å². The minimum Gasteiger partial charge on any atom is -0.314 e. The molecule has 0 saturated carbocycles. The Balaban J connectivity index is 1.96. The average Bonchev–Trinajstić information content (AvgIpc) is 2.42. The van der Waals surface area contributed by atoms with E-state index < -0.39 is 0 Å². The van der Waals surface area contributed by atoms with Gasteiger partial charge in [-0.1, -0.05) is 58.8 Å². The van der Waals surface area contributed by atoms with Crippen LogP contribution in [0.4, 0.5) is 0 Å². The van der Waals surface area contributed by atoms with E-state index in [4.69, 9.17) is 0 Å². The summed E-state index contributed by atoms with van der Waals surface area (Å²) in [5.74, 6) is 0.797. The second-order valence-electron chi connectivity index (χ2n) is 7.04. The first-order valence-electron chi connectivity index (χ1n) is 9.08. The molecule has 1 aliphatic rings. The van der Waals surface area contributed by atoms with E-state index >= 15 is 0 Å². The standard InChI is InChI=1S/C18H38N2/c1-5-6-7-8-9-10-11-12-13-19-18-14-17(3)20(4)15-16(18)2/h16-19H,5-15H2,1-4H3. The van der Waals surface area contributed by atoms with Crippen LogP contribution in [0.3, 0.4) is 0 Å². The molecule has 1 aliphatic heterocycles. The molecule has 0 bridgehead atoms. The fourth-order valence-electron chi connectivity index (χ4n) is 3.37. The second-order valence-corrected chi connectivity index (χ2v) is 7.04. The molecular formula is C18H38N2. The van der Waals surface area contributed by atoms with Crippen molar-refractivity contribution in [3.8, 4) is 0 Å². The van der Waals surface area contributed by atoms with Gasteiger partial charge in [0.1, 0.15) is 0 Å². The number of hydrogen-bond acceptors (Lipinski definition) is 2. The van der Waals surface area contributed by atoms with Crippen LogP contribution in [0.25, 0.3) is 0 Å². The Morgan fingerprint density at radius 2 is 1.55 bits per heavy atom. The predicted molar refractivity (Wildman–Crippen MR) is 90.3 cm³/mol. The van der Waals surface area contributed by atoms with Gasteiger partial charge in [-0.2, -0.15) is 0 Å². The zero-order chi connectivity index (χ0) is 14.8. The van der Waals surface area contributed by atoms with Crippen molar-refractivity contribution in [3.05, 3.63) is 0 Å². The van der Waals surface area contributed by atoms with Crippen molar-refractivity contribution in [2.45, 2.75) is 90.6 Å². The van der Waals surface area contributed by atoms with Gasteiger partial charge in [0, 0.05) is 18.6 Å². The van der Waals surface area contributed by atoms with Crippen molar-refractivity contribution in [1.82, 2.24) is 10.2 Å². The smallest absolute Gasteiger partial charge is 0.0120 e. The summed E-state index contributed by atoms with van der Waals surface area (Å²) in [6, 6.07) is 1.48. The molecule has 1 heterocycles. The lowest BCUT2D eigenvalue weighted by Crippen LogP contribution is -2.51. The summed E-state index contributed by atoms with van der Waals surface area (Å²) in [6.45, 7) is 9.51. The molecule has 0 aromatic rings. The maximum atomic E-state index is 3.81. The maximum Gasteiger partial charge on any atom is 0.0120 e. The third-order valence-corrected chi connectivity index (χ3v) is 5.05. The number of rotatable bonds is 10. The third kappa shape index (κ3) is 7.08. The number of nitrogens with one attached hydrogen (secondary N) is 1. The summed E-state index contributed by atoms with van der Waals surface area (Å²) < 4.78 is 0. The molecule has 1 saturated heterocycles. The van der Waals surface area contributed by atoms with E-state index in [1.165, 1.54) is 70.9 Å². The van der Waals surface area contributed by atoms with Gasteiger partial charge in [-0.05, 0) is 39.3 Å². The molecule has 0 amide bonds. The zero-order valence-electron chi connectivity index (χ0n) is 14.5. The molecule has 2 nitrogen and oxygen atoms in total. The maximum absolute atomic E-state index is 3.81. The van der Waals surface area contributed by atoms with Gasteiger partial charge in [-0.3, -0.25) is 0 Å². The molecule has 1 rings (SSSR count). The molecule has 2 heteroatoms. The number of piperidine rings is 1. The minimum absolute atomic E-state index is 0.738. The molecule has 0 aromatic carbocycles. The van der Waals surface area contributed by atoms with Crippen LogP contribution in [-0.2, 0) is 0 Å². The summed E-state index contributed by atoms with van der Waals surface area (Å²) in [5, 5.41) is 3.81. The molecule has 0 radical (unpaired) electrons. The summed E-state index contributed by atoms with van der Waals surface area (Å²) in [7, 11) is 2.26. The van der Waals surface area contributed by atoms with Crippen molar-refractivity contribution >= 4 is 0 Å². The highest BCUT2D eigenvalue weighted by Crippen LogP contribution is 2.20. The van der Waals surface area contributed by atoms with Crippen molar-refractivity contribution in [2.75, 3.05) is 20.1 Å². The van der Waals surface area contributed by atoms with Crippen molar-refractivity contribution in [1.29, 1.82) is 0 Å². The summed E-state index contributed by atoms with van der Waals surface area (Å²) in [4.78, 5) is 2.50. The third-order valence-electron chi connectivity index (χ3n) is 5.05. The zero-order valence-corrected chi connectivity index (χ0v) is 14.5. The van der Waals surface area contributed by atoms with Crippen LogP contribution < -0.4 is 5.32 Å². The van der Waals surface area contributed by atoms with Crippen LogP contribution in [-0.4, -0.2) is 37.1 Å². The molecule has 120 valence electrons. The molecule has 3 atom stereocenters. The molecule has 0 spiro atoms. The number of unbranched alkanes of at least 4 members (excludes halogenated alkanes) is 7. The first-order chi connectivity index (χ1) is 9.65. The average molecular weight is 283 g/mol. The largest absolute Gasteiger partial charge is 0.314 e. The Kier molecular flexibility index (Phi) is 9.54. The first-order valence-corrected chi connectivity index (χ1v) is 9.08. The second kappa shape index (κ2) is 10.6. The van der Waals surface area contributed by atoms with Crippen LogP contribution in [0.1, 0.15) is 78.6 Å². The monoisotopic (exact) mass is 282 g/mol. The Morgan fingerprint density at radius 1 is 0.950 bits per heavy atom. The van der Waals surface area contributed by atoms with Gasteiger partial charge in [0.15, 0.2) is 0 Å². The van der Waals surface area contributed by atoms with Gasteiger partial charge in [-0.25, -0.2) is 0 Å². The first kappa shape index (κ1) is 18.0. The molecule has 20 heavy (non-hydrogen) atoms. The normalized spacial score (nSPS) is 27.9. The van der Waals surface area contributed by atoms with Gasteiger partial charge in [-0.15, -0.1) is 0 Å². The lowest BCUT2D eigenvalue weighted by atomic mass is 9.90. The van der Waals surface area contributed by atoms with E-state index in [9.17, 15) is 0 Å². The van der Waals surface area contributed by atoms with E-state index in [2.05, 4.69) is 38.0 Å². The minimum atomic E-state index is 0.738. The number of likely N-dealkylation sites (tertiary alicyclic amines) is 1. The van der Waals surface area contributed by atoms with Crippen LogP contribution in [0.15, 0.2) is 0 Å². The predicted octanol–water partition coefficient (Wildman–Crippen LogP) is 4.45. The Bertz CT molecular complexity index is 229. The highest BCUT2D eigenvalue weighted by atomic mass is 15.2. The van der Waals surface area contributed by atoms with Crippen LogP contribution in [0.5, 0.6) is 0 Å². The van der Waals surface area contributed by atoms with E-state index in [1.54, 1.807) is 0 Å².